The van der Waals surface area contributed by atoms with Gasteiger partial charge in [0, 0.05) is 12.5 Å². The molecule has 5 nitrogen and oxygen atoms in total. The van der Waals surface area contributed by atoms with Crippen molar-refractivity contribution in [3.8, 4) is 0 Å². The number of primary amides is 1. The number of ether oxygens (including phenoxy) is 1. The second-order valence-corrected chi connectivity index (χ2v) is 4.56. The van der Waals surface area contributed by atoms with E-state index in [1.54, 1.807) is 13.8 Å². The van der Waals surface area contributed by atoms with Crippen LogP contribution in [-0.4, -0.2) is 42.5 Å². The van der Waals surface area contributed by atoms with Crippen LogP contribution in [0.15, 0.2) is 0 Å². The summed E-state index contributed by atoms with van der Waals surface area (Å²) in [5.74, 6) is -0.730. The Hall–Kier alpha value is -1.10. The van der Waals surface area contributed by atoms with Gasteiger partial charge >= 0.3 is 5.97 Å². The van der Waals surface area contributed by atoms with Crippen LogP contribution in [0.4, 0.5) is 0 Å². The summed E-state index contributed by atoms with van der Waals surface area (Å²) in [6.45, 7) is 5.37. The maximum atomic E-state index is 11.8. The van der Waals surface area contributed by atoms with E-state index in [1.165, 1.54) is 0 Å². The molecule has 2 atom stereocenters. The van der Waals surface area contributed by atoms with Gasteiger partial charge < -0.3 is 10.5 Å². The number of nitrogens with zero attached hydrogens (tertiary/aromatic N) is 1. The number of nitrogens with two attached hydrogens (primary N) is 1. The van der Waals surface area contributed by atoms with Crippen LogP contribution in [-0.2, 0) is 14.3 Å². The van der Waals surface area contributed by atoms with Gasteiger partial charge in [-0.1, -0.05) is 13.3 Å². The van der Waals surface area contributed by atoms with Crippen LogP contribution >= 0.6 is 0 Å². The van der Waals surface area contributed by atoms with Crippen LogP contribution in [0.5, 0.6) is 0 Å². The van der Waals surface area contributed by atoms with Crippen LogP contribution in [0.2, 0.25) is 0 Å². The van der Waals surface area contributed by atoms with Crippen molar-refractivity contribution in [3.05, 3.63) is 0 Å². The number of amides is 1. The lowest BCUT2D eigenvalue weighted by molar-refractivity contribution is -0.151. The zero-order chi connectivity index (χ0) is 12.8. The minimum absolute atomic E-state index is 0.177. The SMILES string of the molecule is CCOC(=O)C1CCCCN1CC(C)C(N)=O. The Bertz CT molecular complexity index is 281. The zero-order valence-corrected chi connectivity index (χ0v) is 10.6. The molecule has 1 heterocycles. The number of hydrogen-bond donors (Lipinski definition) is 1. The van der Waals surface area contributed by atoms with Gasteiger partial charge in [-0.2, -0.15) is 0 Å². The van der Waals surface area contributed by atoms with Crippen LogP contribution in [0.1, 0.15) is 33.1 Å². The Kier molecular flexibility index (Phi) is 5.41. The molecule has 0 aromatic heterocycles. The predicted octanol–water partition coefficient (Wildman–Crippen LogP) is 0.525. The molecule has 2 unspecified atom stereocenters. The van der Waals surface area contributed by atoms with Crippen molar-refractivity contribution < 1.29 is 14.3 Å². The molecule has 98 valence electrons. The molecule has 0 saturated carbocycles. The first-order valence-electron chi connectivity index (χ1n) is 6.26. The van der Waals surface area contributed by atoms with Crippen LogP contribution in [0.25, 0.3) is 0 Å². The number of piperidine rings is 1. The fraction of sp³-hybridized carbons (Fsp3) is 0.833. The molecule has 1 amide bonds. The number of carbonyl (C=O) groups is 2. The highest BCUT2D eigenvalue weighted by Crippen LogP contribution is 2.19. The summed E-state index contributed by atoms with van der Waals surface area (Å²) in [7, 11) is 0. The van der Waals surface area contributed by atoms with E-state index < -0.39 is 0 Å². The van der Waals surface area contributed by atoms with Gasteiger partial charge in [0.25, 0.3) is 0 Å². The van der Waals surface area contributed by atoms with Gasteiger partial charge in [0.15, 0.2) is 0 Å². The zero-order valence-electron chi connectivity index (χ0n) is 10.6. The second kappa shape index (κ2) is 6.59. The Morgan fingerprint density at radius 1 is 1.47 bits per heavy atom. The fourth-order valence-electron chi connectivity index (χ4n) is 2.16. The molecule has 0 spiro atoms. The number of hydrogen-bond acceptors (Lipinski definition) is 4. The standard InChI is InChI=1S/C12H22N2O3/c1-3-17-12(16)10-6-4-5-7-14(10)8-9(2)11(13)15/h9-10H,3-8H2,1-2H3,(H2,13,15). The summed E-state index contributed by atoms with van der Waals surface area (Å²) >= 11 is 0. The maximum absolute atomic E-state index is 11.8. The minimum Gasteiger partial charge on any atom is -0.465 e. The molecule has 0 bridgehead atoms. The van der Waals surface area contributed by atoms with Crippen molar-refractivity contribution in [3.63, 3.8) is 0 Å². The van der Waals surface area contributed by atoms with Crippen LogP contribution < -0.4 is 5.73 Å². The van der Waals surface area contributed by atoms with Crippen molar-refractivity contribution in [2.45, 2.75) is 39.2 Å². The fourth-order valence-corrected chi connectivity index (χ4v) is 2.16. The molecule has 0 aromatic carbocycles. The largest absolute Gasteiger partial charge is 0.465 e. The first kappa shape index (κ1) is 14.0. The van der Waals surface area contributed by atoms with E-state index in [1.807, 2.05) is 4.90 Å². The lowest BCUT2D eigenvalue weighted by Gasteiger charge is -2.34. The molecule has 5 heteroatoms. The molecule has 2 N–H and O–H groups in total. The molecule has 0 aliphatic carbocycles. The Labute approximate surface area is 102 Å². The van der Waals surface area contributed by atoms with Gasteiger partial charge in [0.05, 0.1) is 6.61 Å². The average molecular weight is 242 g/mol. The van der Waals surface area contributed by atoms with Gasteiger partial charge in [0.1, 0.15) is 6.04 Å². The first-order chi connectivity index (χ1) is 8.06. The Morgan fingerprint density at radius 2 is 2.18 bits per heavy atom. The van der Waals surface area contributed by atoms with E-state index in [9.17, 15) is 9.59 Å². The third-order valence-corrected chi connectivity index (χ3v) is 3.17. The summed E-state index contributed by atoms with van der Waals surface area (Å²) in [6.07, 6.45) is 2.90. The molecule has 1 saturated heterocycles. The third-order valence-electron chi connectivity index (χ3n) is 3.17. The van der Waals surface area contributed by atoms with Crippen molar-refractivity contribution in [2.24, 2.45) is 11.7 Å². The summed E-state index contributed by atoms with van der Waals surface area (Å²) in [5.41, 5.74) is 5.25. The average Bonchev–Trinajstić information content (AvgIpc) is 2.29. The molecule has 17 heavy (non-hydrogen) atoms. The van der Waals surface area contributed by atoms with Crippen LogP contribution in [0.3, 0.4) is 0 Å². The molecular formula is C12H22N2O3. The molecular weight excluding hydrogens is 220 g/mol. The quantitative estimate of drug-likeness (QED) is 0.714. The third kappa shape index (κ3) is 4.00. The van der Waals surface area contributed by atoms with Gasteiger partial charge in [-0.15, -0.1) is 0 Å². The highest BCUT2D eigenvalue weighted by atomic mass is 16.5. The number of carbonyl (C=O) groups excluding carboxylic acids is 2. The van der Waals surface area contributed by atoms with Crippen molar-refractivity contribution in [1.29, 1.82) is 0 Å². The monoisotopic (exact) mass is 242 g/mol. The smallest absolute Gasteiger partial charge is 0.323 e. The highest BCUT2D eigenvalue weighted by molar-refractivity contribution is 5.77. The molecule has 1 aliphatic rings. The normalized spacial score (nSPS) is 23.1. The van der Waals surface area contributed by atoms with Crippen molar-refractivity contribution in [1.82, 2.24) is 4.90 Å². The van der Waals surface area contributed by atoms with E-state index >= 15 is 0 Å². The second-order valence-electron chi connectivity index (χ2n) is 4.56. The summed E-state index contributed by atoms with van der Waals surface area (Å²) < 4.78 is 5.06. The predicted molar refractivity (Wildman–Crippen MR) is 64.2 cm³/mol. The van der Waals surface area contributed by atoms with Gasteiger partial charge in [-0.25, -0.2) is 0 Å². The number of likely N-dealkylation sites (tertiary alicyclic amines) is 1. The van der Waals surface area contributed by atoms with E-state index in [4.69, 9.17) is 10.5 Å². The molecule has 1 aliphatic heterocycles. The topological polar surface area (TPSA) is 72.6 Å². The number of rotatable bonds is 5. The van der Waals surface area contributed by atoms with Gasteiger partial charge in [0.2, 0.25) is 5.91 Å². The summed E-state index contributed by atoms with van der Waals surface area (Å²) in [4.78, 5) is 24.9. The first-order valence-corrected chi connectivity index (χ1v) is 6.26. The lowest BCUT2D eigenvalue weighted by atomic mass is 10.00. The van der Waals surface area contributed by atoms with E-state index in [0.717, 1.165) is 25.8 Å². The van der Waals surface area contributed by atoms with Gasteiger partial charge in [-0.3, -0.25) is 14.5 Å². The Morgan fingerprint density at radius 3 is 2.76 bits per heavy atom. The summed E-state index contributed by atoms with van der Waals surface area (Å²) in [6, 6.07) is -0.203. The maximum Gasteiger partial charge on any atom is 0.323 e. The van der Waals surface area contributed by atoms with E-state index in [-0.39, 0.29) is 23.8 Å². The number of esters is 1. The molecule has 1 rings (SSSR count). The minimum atomic E-state index is -0.321. The highest BCUT2D eigenvalue weighted by Gasteiger charge is 2.31. The van der Waals surface area contributed by atoms with E-state index in [0.29, 0.717) is 13.2 Å². The summed E-state index contributed by atoms with van der Waals surface area (Å²) in [5, 5.41) is 0. The molecule has 1 fully saturated rings. The van der Waals surface area contributed by atoms with Crippen molar-refractivity contribution >= 4 is 11.9 Å². The molecule has 0 aromatic rings. The van der Waals surface area contributed by atoms with E-state index in [2.05, 4.69) is 0 Å². The lowest BCUT2D eigenvalue weighted by Crippen LogP contribution is -2.48. The van der Waals surface area contributed by atoms with Crippen LogP contribution in [0, 0.1) is 5.92 Å². The molecule has 0 radical (unpaired) electrons. The Balaban J connectivity index is 2.59. The van der Waals surface area contributed by atoms with Crippen molar-refractivity contribution in [2.75, 3.05) is 19.7 Å². The van der Waals surface area contributed by atoms with Gasteiger partial charge in [-0.05, 0) is 26.3 Å².